The first-order valence-electron chi connectivity index (χ1n) is 12.9. The molecule has 39 heavy (non-hydrogen) atoms. The fourth-order valence-corrected chi connectivity index (χ4v) is 4.29. The number of aliphatic hydroxyl groups is 1. The zero-order chi connectivity index (χ0) is 28.9. The molecule has 6 N–H and O–H groups in total. The first-order valence-corrected chi connectivity index (χ1v) is 12.9. The van der Waals surface area contributed by atoms with E-state index in [1.54, 1.807) is 40.8 Å². The summed E-state index contributed by atoms with van der Waals surface area (Å²) in [6, 6.07) is 4.39. The zero-order valence-corrected chi connectivity index (χ0v) is 22.8. The summed E-state index contributed by atoms with van der Waals surface area (Å²) in [5, 5.41) is 21.8. The number of carbonyl (C=O) groups excluding carboxylic acids is 5. The topological polar surface area (TPSA) is 179 Å². The standard InChI is InChI=1S/C27H37N5O7/c1-14(2)21(24(36)29-18-10-11-20(33)31-23(18)35)32-25(37)22(34)19(30-26(38)39-27(3,4)5)12-15-13-28-17-9-7-6-8-16(15)17/h6-9,13-14,18-19,21-22,28,34H,10-12H2,1-5H3,(H,29,36)(H,30,38)(H,32,37)(H,31,33,35)/t18?,19-,21-,22?/m0/s1. The molecule has 1 aromatic carbocycles. The second-order valence-electron chi connectivity index (χ2n) is 11.0. The number of ether oxygens (including phenoxy) is 1. The number of aliphatic hydroxyl groups excluding tert-OH is 1. The maximum Gasteiger partial charge on any atom is 0.407 e. The summed E-state index contributed by atoms with van der Waals surface area (Å²) in [6.45, 7) is 8.48. The molecule has 12 heteroatoms. The molecule has 0 bridgehead atoms. The molecule has 1 aliphatic heterocycles. The van der Waals surface area contributed by atoms with Crippen LogP contribution in [0.5, 0.6) is 0 Å². The highest BCUT2D eigenvalue weighted by molar-refractivity contribution is 6.02. The second kappa shape index (κ2) is 12.3. The lowest BCUT2D eigenvalue weighted by atomic mass is 9.98. The van der Waals surface area contributed by atoms with Gasteiger partial charge >= 0.3 is 6.09 Å². The summed E-state index contributed by atoms with van der Waals surface area (Å²) in [4.78, 5) is 65.4. The number of nitrogens with one attached hydrogen (secondary N) is 5. The van der Waals surface area contributed by atoms with Gasteiger partial charge in [-0.05, 0) is 51.2 Å². The monoisotopic (exact) mass is 543 g/mol. The van der Waals surface area contributed by atoms with Gasteiger partial charge in [0, 0.05) is 23.5 Å². The highest BCUT2D eigenvalue weighted by Gasteiger charge is 2.35. The van der Waals surface area contributed by atoms with Crippen LogP contribution in [0.4, 0.5) is 4.79 Å². The minimum absolute atomic E-state index is 0.0833. The molecule has 3 rings (SSSR count). The van der Waals surface area contributed by atoms with Crippen LogP contribution in [0.1, 0.15) is 53.0 Å². The molecular weight excluding hydrogens is 506 g/mol. The van der Waals surface area contributed by atoms with Gasteiger partial charge in [0.15, 0.2) is 6.10 Å². The zero-order valence-electron chi connectivity index (χ0n) is 22.8. The third-order valence-electron chi connectivity index (χ3n) is 6.27. The van der Waals surface area contributed by atoms with Crippen LogP contribution in [-0.4, -0.2) is 69.6 Å². The highest BCUT2D eigenvalue weighted by atomic mass is 16.6. The van der Waals surface area contributed by atoms with Crippen molar-refractivity contribution in [1.29, 1.82) is 0 Å². The number of benzene rings is 1. The molecule has 0 spiro atoms. The van der Waals surface area contributed by atoms with Gasteiger partial charge in [0.1, 0.15) is 17.7 Å². The summed E-state index contributed by atoms with van der Waals surface area (Å²) in [5.74, 6) is -2.95. The van der Waals surface area contributed by atoms with Crippen LogP contribution >= 0.6 is 0 Å². The molecule has 1 saturated heterocycles. The molecule has 1 aliphatic rings. The molecular formula is C27H37N5O7. The lowest BCUT2D eigenvalue weighted by Crippen LogP contribution is -2.60. The number of H-pyrrole nitrogens is 1. The van der Waals surface area contributed by atoms with Crippen molar-refractivity contribution in [2.75, 3.05) is 0 Å². The Labute approximate surface area is 226 Å². The average Bonchev–Trinajstić information content (AvgIpc) is 3.24. The van der Waals surface area contributed by atoms with E-state index in [1.165, 1.54) is 0 Å². The molecule has 4 atom stereocenters. The Morgan fingerprint density at radius 2 is 1.79 bits per heavy atom. The molecule has 0 aliphatic carbocycles. The summed E-state index contributed by atoms with van der Waals surface area (Å²) in [5.41, 5.74) is 0.807. The van der Waals surface area contributed by atoms with E-state index in [-0.39, 0.29) is 19.3 Å². The number of hydrogen-bond donors (Lipinski definition) is 6. The molecule has 212 valence electrons. The largest absolute Gasteiger partial charge is 0.444 e. The van der Waals surface area contributed by atoms with Crippen LogP contribution in [0.3, 0.4) is 0 Å². The fourth-order valence-electron chi connectivity index (χ4n) is 4.29. The Morgan fingerprint density at radius 1 is 1.10 bits per heavy atom. The fraction of sp³-hybridized carbons (Fsp3) is 0.519. The number of aromatic amines is 1. The van der Waals surface area contributed by atoms with Crippen LogP contribution in [0.25, 0.3) is 10.9 Å². The molecule has 2 unspecified atom stereocenters. The predicted octanol–water partition coefficient (Wildman–Crippen LogP) is 1.03. The summed E-state index contributed by atoms with van der Waals surface area (Å²) < 4.78 is 5.34. The van der Waals surface area contributed by atoms with Crippen molar-refractivity contribution >= 4 is 40.6 Å². The average molecular weight is 544 g/mol. The third-order valence-corrected chi connectivity index (χ3v) is 6.27. The van der Waals surface area contributed by atoms with Gasteiger partial charge in [-0.25, -0.2) is 4.79 Å². The number of alkyl carbamates (subject to hydrolysis) is 1. The minimum atomic E-state index is -1.74. The van der Waals surface area contributed by atoms with Crippen molar-refractivity contribution in [2.45, 2.75) is 83.7 Å². The van der Waals surface area contributed by atoms with Crippen LogP contribution in [0.2, 0.25) is 0 Å². The van der Waals surface area contributed by atoms with E-state index >= 15 is 0 Å². The van der Waals surface area contributed by atoms with Gasteiger partial charge < -0.3 is 30.8 Å². The molecule has 5 amide bonds. The summed E-state index contributed by atoms with van der Waals surface area (Å²) in [7, 11) is 0. The van der Waals surface area contributed by atoms with Gasteiger partial charge in [-0.3, -0.25) is 24.5 Å². The number of aromatic nitrogens is 1. The molecule has 2 heterocycles. The number of rotatable bonds is 9. The second-order valence-corrected chi connectivity index (χ2v) is 11.0. The van der Waals surface area contributed by atoms with E-state index in [0.29, 0.717) is 0 Å². The first-order chi connectivity index (χ1) is 18.2. The van der Waals surface area contributed by atoms with E-state index < -0.39 is 65.5 Å². The SMILES string of the molecule is CC(C)[C@H](NC(=O)C(O)[C@H](Cc1c[nH]c2ccccc12)NC(=O)OC(C)(C)C)C(=O)NC1CCC(=O)NC1=O. The molecule has 12 nitrogen and oxygen atoms in total. The molecule has 2 aromatic rings. The Bertz CT molecular complexity index is 1230. The summed E-state index contributed by atoms with van der Waals surface area (Å²) >= 11 is 0. The van der Waals surface area contributed by atoms with E-state index in [0.717, 1.165) is 16.5 Å². The van der Waals surface area contributed by atoms with Crippen LogP contribution in [-0.2, 0) is 30.3 Å². The van der Waals surface area contributed by atoms with Crippen molar-refractivity contribution in [3.63, 3.8) is 0 Å². The maximum atomic E-state index is 13.2. The first kappa shape index (κ1) is 29.6. The van der Waals surface area contributed by atoms with Crippen molar-refractivity contribution in [1.82, 2.24) is 26.3 Å². The normalized spacial score (nSPS) is 18.2. The maximum absolute atomic E-state index is 13.2. The molecule has 0 radical (unpaired) electrons. The van der Waals surface area contributed by atoms with Crippen LogP contribution in [0.15, 0.2) is 30.5 Å². The molecule has 1 fully saturated rings. The van der Waals surface area contributed by atoms with Crippen molar-refractivity contribution in [2.24, 2.45) is 5.92 Å². The number of para-hydroxylation sites is 1. The molecule has 1 aromatic heterocycles. The smallest absolute Gasteiger partial charge is 0.407 e. The van der Waals surface area contributed by atoms with E-state index in [9.17, 15) is 29.1 Å². The van der Waals surface area contributed by atoms with Gasteiger partial charge in [-0.1, -0.05) is 32.0 Å². The van der Waals surface area contributed by atoms with Crippen molar-refractivity contribution in [3.8, 4) is 0 Å². The van der Waals surface area contributed by atoms with Gasteiger partial charge in [-0.15, -0.1) is 0 Å². The van der Waals surface area contributed by atoms with Crippen LogP contribution < -0.4 is 21.3 Å². The van der Waals surface area contributed by atoms with Crippen molar-refractivity contribution < 1.29 is 33.8 Å². The van der Waals surface area contributed by atoms with E-state index in [1.807, 2.05) is 24.3 Å². The summed E-state index contributed by atoms with van der Waals surface area (Å²) in [6.07, 6.45) is -0.494. The number of hydrogen-bond acceptors (Lipinski definition) is 7. The number of piperidine rings is 1. The highest BCUT2D eigenvalue weighted by Crippen LogP contribution is 2.20. The lowest BCUT2D eigenvalue weighted by Gasteiger charge is -2.29. The Morgan fingerprint density at radius 3 is 2.44 bits per heavy atom. The third kappa shape index (κ3) is 8.03. The van der Waals surface area contributed by atoms with Gasteiger partial charge in [0.05, 0.1) is 6.04 Å². The Kier molecular flexibility index (Phi) is 9.33. The van der Waals surface area contributed by atoms with E-state index in [4.69, 9.17) is 4.74 Å². The minimum Gasteiger partial charge on any atom is -0.444 e. The quantitative estimate of drug-likeness (QED) is 0.256. The van der Waals surface area contributed by atoms with E-state index in [2.05, 4.69) is 26.3 Å². The predicted molar refractivity (Wildman–Crippen MR) is 142 cm³/mol. The number of fused-ring (bicyclic) bond motifs is 1. The number of imide groups is 1. The van der Waals surface area contributed by atoms with Crippen LogP contribution in [0, 0.1) is 5.92 Å². The Balaban J connectivity index is 1.76. The number of carbonyl (C=O) groups is 5. The Hall–Kier alpha value is -3.93. The van der Waals surface area contributed by atoms with Gasteiger partial charge in [0.2, 0.25) is 17.7 Å². The van der Waals surface area contributed by atoms with Gasteiger partial charge in [-0.2, -0.15) is 0 Å². The number of amides is 5. The molecule has 0 saturated carbocycles. The van der Waals surface area contributed by atoms with Gasteiger partial charge in [0.25, 0.3) is 5.91 Å². The lowest BCUT2D eigenvalue weighted by molar-refractivity contribution is -0.139. The van der Waals surface area contributed by atoms with Crippen molar-refractivity contribution in [3.05, 3.63) is 36.0 Å².